The lowest BCUT2D eigenvalue weighted by atomic mass is 10.1. The molecule has 0 fully saturated rings. The number of hydrogen-bond acceptors (Lipinski definition) is 5. The second-order valence-corrected chi connectivity index (χ2v) is 8.07. The van der Waals surface area contributed by atoms with Gasteiger partial charge in [0.15, 0.2) is 10.7 Å². The van der Waals surface area contributed by atoms with Crippen molar-refractivity contribution in [3.8, 4) is 17.2 Å². The van der Waals surface area contributed by atoms with E-state index in [-0.39, 0.29) is 11.0 Å². The lowest BCUT2D eigenvalue weighted by Crippen LogP contribution is -2.34. The van der Waals surface area contributed by atoms with E-state index in [9.17, 15) is 4.79 Å². The lowest BCUT2D eigenvalue weighted by Gasteiger charge is -2.10. The molecule has 4 aromatic rings. The van der Waals surface area contributed by atoms with Crippen molar-refractivity contribution < 1.29 is 13.9 Å². The summed E-state index contributed by atoms with van der Waals surface area (Å²) in [6.45, 7) is 4.12. The second kappa shape index (κ2) is 8.98. The van der Waals surface area contributed by atoms with Gasteiger partial charge in [0.2, 0.25) is 5.89 Å². The topological polar surface area (TPSA) is 76.4 Å². The Balaban J connectivity index is 1.47. The summed E-state index contributed by atoms with van der Waals surface area (Å²) in [4.78, 5) is 17.0. The first-order valence-electron chi connectivity index (χ1n) is 9.78. The highest BCUT2D eigenvalue weighted by Gasteiger charge is 2.13. The number of hydrogen-bond donors (Lipinski definition) is 2. The average molecular weight is 466 g/mol. The largest absolute Gasteiger partial charge is 0.495 e. The Morgan fingerprint density at radius 3 is 2.59 bits per heavy atom. The van der Waals surface area contributed by atoms with Crippen molar-refractivity contribution in [2.75, 3.05) is 12.4 Å². The molecule has 4 rings (SSSR count). The van der Waals surface area contributed by atoms with Gasteiger partial charge in [0.25, 0.3) is 5.91 Å². The van der Waals surface area contributed by atoms with Crippen molar-refractivity contribution in [3.05, 3.63) is 76.3 Å². The molecule has 0 saturated carbocycles. The molecule has 8 heteroatoms. The minimum absolute atomic E-state index is 0.152. The molecular weight excluding hydrogens is 446 g/mol. The summed E-state index contributed by atoms with van der Waals surface area (Å²) in [5, 5.41) is 6.13. The van der Waals surface area contributed by atoms with Crippen LogP contribution in [0.1, 0.15) is 21.5 Å². The highest BCUT2D eigenvalue weighted by atomic mass is 35.5. The third-order valence-corrected chi connectivity index (χ3v) is 5.54. The fourth-order valence-electron chi connectivity index (χ4n) is 3.15. The van der Waals surface area contributed by atoms with Crippen LogP contribution >= 0.6 is 23.8 Å². The summed E-state index contributed by atoms with van der Waals surface area (Å²) >= 11 is 11.4. The van der Waals surface area contributed by atoms with E-state index in [1.165, 1.54) is 24.3 Å². The summed E-state index contributed by atoms with van der Waals surface area (Å²) in [5.41, 5.74) is 5.68. The Kier molecular flexibility index (Phi) is 6.12. The number of halogens is 1. The number of amides is 1. The fourth-order valence-corrected chi connectivity index (χ4v) is 3.62. The zero-order chi connectivity index (χ0) is 22.8. The first-order valence-corrected chi connectivity index (χ1v) is 10.6. The highest BCUT2D eigenvalue weighted by molar-refractivity contribution is 7.80. The third kappa shape index (κ3) is 4.59. The first kappa shape index (κ1) is 21.8. The third-order valence-electron chi connectivity index (χ3n) is 5.04. The van der Waals surface area contributed by atoms with Crippen LogP contribution in [0, 0.1) is 13.8 Å². The van der Waals surface area contributed by atoms with Crippen molar-refractivity contribution in [3.63, 3.8) is 0 Å². The van der Waals surface area contributed by atoms with Gasteiger partial charge in [-0.25, -0.2) is 4.98 Å². The van der Waals surface area contributed by atoms with Gasteiger partial charge in [-0.05, 0) is 85.7 Å². The summed E-state index contributed by atoms with van der Waals surface area (Å²) in [6.07, 6.45) is 0. The number of oxazole rings is 1. The van der Waals surface area contributed by atoms with Gasteiger partial charge >= 0.3 is 0 Å². The van der Waals surface area contributed by atoms with Crippen molar-refractivity contribution in [2.45, 2.75) is 13.8 Å². The molecule has 1 amide bonds. The van der Waals surface area contributed by atoms with E-state index < -0.39 is 0 Å². The molecule has 0 spiro atoms. The molecule has 0 unspecified atom stereocenters. The zero-order valence-electron chi connectivity index (χ0n) is 17.7. The normalized spacial score (nSPS) is 10.8. The van der Waals surface area contributed by atoms with Crippen molar-refractivity contribution in [1.82, 2.24) is 10.3 Å². The van der Waals surface area contributed by atoms with E-state index in [0.717, 1.165) is 5.56 Å². The average Bonchev–Trinajstić information content (AvgIpc) is 3.19. The maximum Gasteiger partial charge on any atom is 0.257 e. The van der Waals surface area contributed by atoms with E-state index in [0.29, 0.717) is 39.0 Å². The maximum atomic E-state index is 12.5. The van der Waals surface area contributed by atoms with Gasteiger partial charge in [0.1, 0.15) is 11.3 Å². The Bertz CT molecular complexity index is 1350. The number of carbonyl (C=O) groups excluding carboxylic acids is 1. The quantitative estimate of drug-likeness (QED) is 0.365. The molecular formula is C24H20ClN3O3S. The van der Waals surface area contributed by atoms with E-state index in [1.807, 2.05) is 24.3 Å². The number of thiocarbonyl (C=S) groups is 1. The first-order chi connectivity index (χ1) is 15.3. The molecule has 0 saturated heterocycles. The molecule has 2 N–H and O–H groups in total. The van der Waals surface area contributed by atoms with E-state index in [1.54, 1.807) is 18.2 Å². The second-order valence-electron chi connectivity index (χ2n) is 7.26. The van der Waals surface area contributed by atoms with Crippen LogP contribution in [0.15, 0.2) is 59.0 Å². The van der Waals surface area contributed by atoms with Crippen LogP contribution in [0.3, 0.4) is 0 Å². The Hall–Kier alpha value is -3.42. The number of fused-ring (bicyclic) bond motifs is 1. The number of nitrogens with one attached hydrogen (secondary N) is 2. The maximum absolute atomic E-state index is 12.5. The van der Waals surface area contributed by atoms with Crippen molar-refractivity contribution in [2.24, 2.45) is 0 Å². The summed E-state index contributed by atoms with van der Waals surface area (Å²) in [7, 11) is 1.51. The van der Waals surface area contributed by atoms with Crippen molar-refractivity contribution in [1.29, 1.82) is 0 Å². The Morgan fingerprint density at radius 2 is 1.88 bits per heavy atom. The lowest BCUT2D eigenvalue weighted by molar-refractivity contribution is 0.0977. The predicted octanol–water partition coefficient (Wildman–Crippen LogP) is 5.90. The van der Waals surface area contributed by atoms with E-state index in [2.05, 4.69) is 35.5 Å². The van der Waals surface area contributed by atoms with Gasteiger partial charge < -0.3 is 14.5 Å². The summed E-state index contributed by atoms with van der Waals surface area (Å²) < 4.78 is 11.0. The molecule has 0 radical (unpaired) electrons. The van der Waals surface area contributed by atoms with E-state index in [4.69, 9.17) is 33.0 Å². The van der Waals surface area contributed by atoms with Crippen LogP contribution in [-0.4, -0.2) is 23.1 Å². The predicted molar refractivity (Wildman–Crippen MR) is 131 cm³/mol. The standard InChI is InChI=1S/C24H20ClN3O3S/c1-13-4-5-16(10-14(13)2)23-27-19-12-17(7-9-21(19)31-23)26-24(32)28-22(29)15-6-8-20(30-3)18(25)11-15/h4-12H,1-3H3,(H2,26,28,29,32). The number of methoxy groups -OCH3 is 1. The fraction of sp³-hybridized carbons (Fsp3) is 0.125. The molecule has 1 aromatic heterocycles. The van der Waals surface area contributed by atoms with Gasteiger partial charge in [-0.15, -0.1) is 0 Å². The van der Waals surface area contributed by atoms with Crippen LogP contribution in [-0.2, 0) is 0 Å². The zero-order valence-corrected chi connectivity index (χ0v) is 19.2. The number of aryl methyl sites for hydroxylation is 2. The monoisotopic (exact) mass is 465 g/mol. The van der Waals surface area contributed by atoms with E-state index >= 15 is 0 Å². The number of ether oxygens (including phenoxy) is 1. The molecule has 0 bridgehead atoms. The number of aromatic nitrogens is 1. The highest BCUT2D eigenvalue weighted by Crippen LogP contribution is 2.28. The van der Waals surface area contributed by atoms with Gasteiger partial charge in [-0.2, -0.15) is 0 Å². The molecule has 1 heterocycles. The molecule has 0 aliphatic rings. The van der Waals surface area contributed by atoms with Crippen LogP contribution in [0.4, 0.5) is 5.69 Å². The minimum Gasteiger partial charge on any atom is -0.495 e. The summed E-state index contributed by atoms with van der Waals surface area (Å²) in [6, 6.07) is 16.3. The SMILES string of the molecule is COc1ccc(C(=O)NC(=S)Nc2ccc3oc(-c4ccc(C)c(C)c4)nc3c2)cc1Cl. The molecule has 0 aliphatic carbocycles. The Labute approximate surface area is 195 Å². The van der Waals surface area contributed by atoms with Crippen molar-refractivity contribution >= 4 is 51.6 Å². The van der Waals surface area contributed by atoms with Gasteiger partial charge in [0, 0.05) is 16.8 Å². The van der Waals surface area contributed by atoms with Crippen LogP contribution in [0.5, 0.6) is 5.75 Å². The van der Waals surface area contributed by atoms with Gasteiger partial charge in [-0.3, -0.25) is 10.1 Å². The number of nitrogens with zero attached hydrogens (tertiary/aromatic N) is 1. The summed E-state index contributed by atoms with van der Waals surface area (Å²) in [5.74, 6) is 0.657. The van der Waals surface area contributed by atoms with Gasteiger partial charge in [0.05, 0.1) is 12.1 Å². The molecule has 0 aliphatic heterocycles. The molecule has 0 atom stereocenters. The number of carbonyl (C=O) groups is 1. The molecule has 6 nitrogen and oxygen atoms in total. The molecule has 32 heavy (non-hydrogen) atoms. The van der Waals surface area contributed by atoms with Crippen LogP contribution < -0.4 is 15.4 Å². The number of rotatable bonds is 4. The number of benzene rings is 3. The van der Waals surface area contributed by atoms with Gasteiger partial charge in [-0.1, -0.05) is 17.7 Å². The minimum atomic E-state index is -0.383. The Morgan fingerprint density at radius 1 is 1.06 bits per heavy atom. The number of anilines is 1. The van der Waals surface area contributed by atoms with Crippen LogP contribution in [0.2, 0.25) is 5.02 Å². The molecule has 3 aromatic carbocycles. The van der Waals surface area contributed by atoms with Crippen LogP contribution in [0.25, 0.3) is 22.6 Å². The molecule has 162 valence electrons. The smallest absolute Gasteiger partial charge is 0.257 e.